The molecule has 1 unspecified atom stereocenters. The summed E-state index contributed by atoms with van der Waals surface area (Å²) in [5.74, 6) is 0.584. The van der Waals surface area contributed by atoms with E-state index in [0.717, 1.165) is 12.8 Å². The summed E-state index contributed by atoms with van der Waals surface area (Å²) in [5.41, 5.74) is 4.24. The van der Waals surface area contributed by atoms with Crippen LogP contribution in [0.4, 0.5) is 0 Å². The highest BCUT2D eigenvalue weighted by molar-refractivity contribution is 5.33. The molecule has 1 aliphatic rings. The van der Waals surface area contributed by atoms with Gasteiger partial charge in [-0.15, -0.1) is 0 Å². The summed E-state index contributed by atoms with van der Waals surface area (Å²) in [6.07, 6.45) is 9.28. The third-order valence-electron chi connectivity index (χ3n) is 3.09. The van der Waals surface area contributed by atoms with Crippen molar-refractivity contribution in [2.75, 3.05) is 0 Å². The lowest BCUT2D eigenvalue weighted by Gasteiger charge is -2.16. The molecule has 0 heterocycles. The molecule has 1 aromatic rings. The Morgan fingerprint density at radius 3 is 2.47 bits per heavy atom. The summed E-state index contributed by atoms with van der Waals surface area (Å²) in [7, 11) is 0. The number of rotatable bonds is 2. The largest absolute Gasteiger partial charge is 0.0804 e. The van der Waals surface area contributed by atoms with E-state index in [2.05, 4.69) is 56.3 Å². The van der Waals surface area contributed by atoms with E-state index in [1.54, 1.807) is 0 Å². The average molecular weight is 198 g/mol. The fourth-order valence-electron chi connectivity index (χ4n) is 1.99. The van der Waals surface area contributed by atoms with Crippen LogP contribution in [0.1, 0.15) is 36.8 Å². The van der Waals surface area contributed by atoms with Gasteiger partial charge in [-0.05, 0) is 25.3 Å². The second kappa shape index (κ2) is 4.48. The molecular formula is C15H18. The van der Waals surface area contributed by atoms with Crippen molar-refractivity contribution in [2.24, 2.45) is 0 Å². The quantitative estimate of drug-likeness (QED) is 0.661. The van der Waals surface area contributed by atoms with E-state index in [1.165, 1.54) is 16.7 Å². The second-order valence-corrected chi connectivity index (χ2v) is 4.24. The Morgan fingerprint density at radius 1 is 1.20 bits per heavy atom. The SMILES string of the molecule is CCC1=CCC(c2ccc(C)cc2)C=C1. The van der Waals surface area contributed by atoms with E-state index in [0.29, 0.717) is 5.92 Å². The molecule has 0 amide bonds. The average Bonchev–Trinajstić information content (AvgIpc) is 2.30. The van der Waals surface area contributed by atoms with Crippen LogP contribution >= 0.6 is 0 Å². The van der Waals surface area contributed by atoms with E-state index in [-0.39, 0.29) is 0 Å². The first-order chi connectivity index (χ1) is 7.29. The molecule has 0 radical (unpaired) electrons. The van der Waals surface area contributed by atoms with Gasteiger partial charge in [0.2, 0.25) is 0 Å². The van der Waals surface area contributed by atoms with Crippen LogP contribution in [0, 0.1) is 6.92 Å². The van der Waals surface area contributed by atoms with E-state index >= 15 is 0 Å². The molecule has 2 rings (SSSR count). The second-order valence-electron chi connectivity index (χ2n) is 4.24. The van der Waals surface area contributed by atoms with Crippen LogP contribution < -0.4 is 0 Å². The maximum Gasteiger partial charge on any atom is 0.00559 e. The first kappa shape index (κ1) is 10.2. The summed E-state index contributed by atoms with van der Waals surface area (Å²) in [4.78, 5) is 0. The third kappa shape index (κ3) is 2.38. The minimum absolute atomic E-state index is 0.584. The number of allylic oxidation sites excluding steroid dienone is 4. The summed E-state index contributed by atoms with van der Waals surface area (Å²) >= 11 is 0. The van der Waals surface area contributed by atoms with Gasteiger partial charge in [0.15, 0.2) is 0 Å². The van der Waals surface area contributed by atoms with E-state index in [1.807, 2.05) is 0 Å². The Hall–Kier alpha value is -1.30. The molecule has 0 heteroatoms. The van der Waals surface area contributed by atoms with Gasteiger partial charge in [0.1, 0.15) is 0 Å². The molecule has 0 spiro atoms. The number of aryl methyl sites for hydroxylation is 1. The first-order valence-corrected chi connectivity index (χ1v) is 5.73. The Bertz CT molecular complexity index is 379. The molecule has 0 nitrogen and oxygen atoms in total. The van der Waals surface area contributed by atoms with Crippen molar-refractivity contribution < 1.29 is 0 Å². The molecule has 0 saturated heterocycles. The Kier molecular flexibility index (Phi) is 3.05. The summed E-state index contributed by atoms with van der Waals surface area (Å²) in [6, 6.07) is 8.88. The zero-order chi connectivity index (χ0) is 10.7. The Labute approximate surface area is 92.3 Å². The van der Waals surface area contributed by atoms with Crippen LogP contribution in [-0.4, -0.2) is 0 Å². The highest BCUT2D eigenvalue weighted by Gasteiger charge is 2.09. The zero-order valence-electron chi connectivity index (χ0n) is 9.53. The van der Waals surface area contributed by atoms with Gasteiger partial charge < -0.3 is 0 Å². The molecule has 0 fully saturated rings. The van der Waals surface area contributed by atoms with Gasteiger partial charge in [0.05, 0.1) is 0 Å². The predicted molar refractivity (Wildman–Crippen MR) is 66.1 cm³/mol. The Balaban J connectivity index is 2.12. The minimum Gasteiger partial charge on any atom is -0.0804 e. The van der Waals surface area contributed by atoms with Gasteiger partial charge >= 0.3 is 0 Å². The maximum absolute atomic E-state index is 2.37. The van der Waals surface area contributed by atoms with Crippen LogP contribution in [0.3, 0.4) is 0 Å². The Morgan fingerprint density at radius 2 is 1.93 bits per heavy atom. The van der Waals surface area contributed by atoms with Gasteiger partial charge in [-0.1, -0.05) is 60.6 Å². The van der Waals surface area contributed by atoms with Crippen molar-refractivity contribution in [3.8, 4) is 0 Å². The summed E-state index contributed by atoms with van der Waals surface area (Å²) in [5, 5.41) is 0. The van der Waals surface area contributed by atoms with Gasteiger partial charge in [-0.2, -0.15) is 0 Å². The fourth-order valence-corrected chi connectivity index (χ4v) is 1.99. The summed E-state index contributed by atoms with van der Waals surface area (Å²) in [6.45, 7) is 4.35. The van der Waals surface area contributed by atoms with E-state index in [4.69, 9.17) is 0 Å². The first-order valence-electron chi connectivity index (χ1n) is 5.73. The maximum atomic E-state index is 2.37. The number of benzene rings is 1. The third-order valence-corrected chi connectivity index (χ3v) is 3.09. The standard InChI is InChI=1S/C15H18/c1-3-13-6-10-15(11-7-13)14-8-4-12(2)5-9-14/h4-10,15H,3,11H2,1-2H3. The van der Waals surface area contributed by atoms with E-state index in [9.17, 15) is 0 Å². The lowest BCUT2D eigenvalue weighted by molar-refractivity contribution is 0.836. The molecule has 0 saturated carbocycles. The van der Waals surface area contributed by atoms with E-state index < -0.39 is 0 Å². The van der Waals surface area contributed by atoms with Crippen molar-refractivity contribution in [1.82, 2.24) is 0 Å². The van der Waals surface area contributed by atoms with Crippen molar-refractivity contribution in [3.05, 3.63) is 59.2 Å². The zero-order valence-corrected chi connectivity index (χ0v) is 9.53. The monoisotopic (exact) mass is 198 g/mol. The molecule has 78 valence electrons. The number of hydrogen-bond acceptors (Lipinski definition) is 0. The number of hydrogen-bond donors (Lipinski definition) is 0. The van der Waals surface area contributed by atoms with Crippen LogP contribution in [0.15, 0.2) is 48.1 Å². The van der Waals surface area contributed by atoms with Crippen LogP contribution in [0.2, 0.25) is 0 Å². The lowest BCUT2D eigenvalue weighted by Crippen LogP contribution is -1.98. The lowest BCUT2D eigenvalue weighted by atomic mass is 9.89. The van der Waals surface area contributed by atoms with Crippen molar-refractivity contribution in [2.45, 2.75) is 32.6 Å². The molecule has 1 aromatic carbocycles. The molecule has 15 heavy (non-hydrogen) atoms. The fraction of sp³-hybridized carbons (Fsp3) is 0.333. The minimum atomic E-state index is 0.584. The molecule has 0 aromatic heterocycles. The topological polar surface area (TPSA) is 0 Å². The van der Waals surface area contributed by atoms with Crippen LogP contribution in [0.25, 0.3) is 0 Å². The molecule has 1 atom stereocenters. The van der Waals surface area contributed by atoms with Gasteiger partial charge in [-0.25, -0.2) is 0 Å². The normalized spacial score (nSPS) is 20.1. The smallest absolute Gasteiger partial charge is 0.00559 e. The van der Waals surface area contributed by atoms with Crippen LogP contribution in [-0.2, 0) is 0 Å². The summed E-state index contributed by atoms with van der Waals surface area (Å²) < 4.78 is 0. The predicted octanol–water partition coefficient (Wildman–Crippen LogP) is 4.37. The van der Waals surface area contributed by atoms with Crippen molar-refractivity contribution in [1.29, 1.82) is 0 Å². The van der Waals surface area contributed by atoms with Gasteiger partial charge in [0.25, 0.3) is 0 Å². The molecule has 0 N–H and O–H groups in total. The molecule has 0 aliphatic heterocycles. The highest BCUT2D eigenvalue weighted by atomic mass is 14.1. The van der Waals surface area contributed by atoms with Gasteiger partial charge in [-0.3, -0.25) is 0 Å². The highest BCUT2D eigenvalue weighted by Crippen LogP contribution is 2.27. The van der Waals surface area contributed by atoms with Crippen molar-refractivity contribution >= 4 is 0 Å². The molecule has 0 bridgehead atoms. The van der Waals surface area contributed by atoms with Crippen LogP contribution in [0.5, 0.6) is 0 Å². The molecule has 1 aliphatic carbocycles. The van der Waals surface area contributed by atoms with Crippen molar-refractivity contribution in [3.63, 3.8) is 0 Å². The van der Waals surface area contributed by atoms with Gasteiger partial charge in [0, 0.05) is 5.92 Å². The molecular weight excluding hydrogens is 180 g/mol.